The number of cyclic esters (lactones) is 1. The normalized spacial score (nSPS) is 21.1. The van der Waals surface area contributed by atoms with Gasteiger partial charge in [0.05, 0.1) is 46.5 Å². The summed E-state index contributed by atoms with van der Waals surface area (Å²) in [6.45, 7) is 8.76. The number of nitrogens with two attached hydrogens (primary N) is 1. The zero-order valence-corrected chi connectivity index (χ0v) is 47.0. The fourth-order valence-electron chi connectivity index (χ4n) is 9.79. The van der Waals surface area contributed by atoms with E-state index in [1.54, 1.807) is 40.7 Å². The number of rotatable bonds is 23. The van der Waals surface area contributed by atoms with E-state index >= 15 is 0 Å². The average Bonchev–Trinajstić information content (AvgIpc) is 2.01. The number of nitrogens with one attached hydrogen (secondary N) is 4. The molecule has 0 bridgehead atoms. The smallest absolute Gasteiger partial charge is 0.410 e. The van der Waals surface area contributed by atoms with E-state index in [-0.39, 0.29) is 73.5 Å². The van der Waals surface area contributed by atoms with Crippen LogP contribution in [0, 0.1) is 5.92 Å². The van der Waals surface area contributed by atoms with Crippen molar-refractivity contribution >= 4 is 68.4 Å². The van der Waals surface area contributed by atoms with E-state index in [2.05, 4.69) is 21.3 Å². The van der Waals surface area contributed by atoms with Gasteiger partial charge in [-0.15, -0.1) is 0 Å². The van der Waals surface area contributed by atoms with Crippen molar-refractivity contribution in [1.29, 1.82) is 0 Å². The van der Waals surface area contributed by atoms with Gasteiger partial charge in [-0.2, -0.15) is 8.42 Å². The standard InChI is InChI=1S/C54H68N8O20S/c1-7-54(75)33-21-37-41-31(22-62(37)49(70)32(33)24-79-52(54)73)29(30-10-8-9-11-35(30)58-41)16-18-61(26(4)5)53(74)80-23-28-12-14-36(38(20-28)81-51-44(66)42(64)43(65)45(82-51)50(71)72)59-46(67)27(6)57-48(69)40(25(2)3)60-39(63)15-13-34(55)47(68)56-17-19-83(76,77)78/h8-12,14,20-21,25-27,34,40,42-45,51,64-66,75H,7,13,15-19,22-24,55H2,1-6H3,(H,56,68)(H,57,69)(H,59,67)(H,60,63)(H,71,72)(H,76,77,78)/t27-,34+,40-,42-,43-,44+,45-,51+,54-/m0/s1. The Kier molecular flexibility index (Phi) is 19.6. The number of aliphatic hydroxyl groups is 4. The van der Waals surface area contributed by atoms with Crippen LogP contribution in [0.3, 0.4) is 0 Å². The molecule has 9 atom stereocenters. The van der Waals surface area contributed by atoms with Gasteiger partial charge in [-0.3, -0.25) is 28.5 Å². The molecule has 83 heavy (non-hydrogen) atoms. The number of aliphatic carboxylic acids is 1. The second-order valence-electron chi connectivity index (χ2n) is 21.0. The number of ether oxygens (including phenoxy) is 4. The third-order valence-electron chi connectivity index (χ3n) is 14.6. The molecule has 450 valence electrons. The van der Waals surface area contributed by atoms with E-state index in [1.165, 1.54) is 34.6 Å². The quantitative estimate of drug-likeness (QED) is 0.0294. The predicted molar refractivity (Wildman–Crippen MR) is 291 cm³/mol. The monoisotopic (exact) mass is 1180 g/mol. The topological polar surface area (TPSA) is 424 Å². The van der Waals surface area contributed by atoms with Gasteiger partial charge >= 0.3 is 18.0 Å². The summed E-state index contributed by atoms with van der Waals surface area (Å²) >= 11 is 0. The third kappa shape index (κ3) is 14.1. The number of anilines is 1. The molecule has 0 aliphatic carbocycles. The number of nitrogens with zero attached hydrogens (tertiary/aromatic N) is 3. The molecule has 28 nitrogen and oxygen atoms in total. The van der Waals surface area contributed by atoms with Gasteiger partial charge in [0.2, 0.25) is 29.9 Å². The first kappa shape index (κ1) is 63.0. The summed E-state index contributed by atoms with van der Waals surface area (Å²) in [7, 11) is -4.34. The van der Waals surface area contributed by atoms with Crippen molar-refractivity contribution in [3.05, 3.63) is 86.7 Å². The highest BCUT2D eigenvalue weighted by atomic mass is 32.2. The lowest BCUT2D eigenvalue weighted by molar-refractivity contribution is -0.271. The lowest BCUT2D eigenvalue weighted by Gasteiger charge is -2.38. The molecular weight excluding hydrogens is 1110 g/mol. The summed E-state index contributed by atoms with van der Waals surface area (Å²) in [5.74, 6) is -7.29. The largest absolute Gasteiger partial charge is 0.479 e. The maximum atomic E-state index is 14.1. The first-order valence-electron chi connectivity index (χ1n) is 26.7. The number of carbonyl (C=O) groups excluding carboxylic acids is 6. The van der Waals surface area contributed by atoms with Crippen molar-refractivity contribution in [3.63, 3.8) is 0 Å². The summed E-state index contributed by atoms with van der Waals surface area (Å²) in [4.78, 5) is 112. The van der Waals surface area contributed by atoms with Crippen LogP contribution in [-0.4, -0.2) is 168 Å². The van der Waals surface area contributed by atoms with Gasteiger partial charge in [-0.25, -0.2) is 19.4 Å². The number of hydrogen-bond acceptors (Lipinski definition) is 20. The van der Waals surface area contributed by atoms with E-state index in [0.717, 1.165) is 10.9 Å². The molecule has 0 unspecified atom stereocenters. The lowest BCUT2D eigenvalue weighted by Crippen LogP contribution is -2.61. The molecule has 5 heterocycles. The third-order valence-corrected chi connectivity index (χ3v) is 15.3. The van der Waals surface area contributed by atoms with Gasteiger partial charge in [0.15, 0.2) is 11.7 Å². The predicted octanol–water partition coefficient (Wildman–Crippen LogP) is -0.364. The van der Waals surface area contributed by atoms with Crippen LogP contribution in [0.25, 0.3) is 22.3 Å². The summed E-state index contributed by atoms with van der Waals surface area (Å²) in [6, 6.07) is 8.74. The molecule has 3 aliphatic rings. The molecule has 2 aromatic heterocycles. The Morgan fingerprint density at radius 2 is 1.65 bits per heavy atom. The number of para-hydroxylation sites is 1. The van der Waals surface area contributed by atoms with Gasteiger partial charge in [-0.05, 0) is 81.3 Å². The second-order valence-corrected chi connectivity index (χ2v) is 22.6. The van der Waals surface area contributed by atoms with Crippen LogP contribution in [0.4, 0.5) is 10.5 Å². The zero-order valence-electron chi connectivity index (χ0n) is 46.2. The highest BCUT2D eigenvalue weighted by molar-refractivity contribution is 7.85. The van der Waals surface area contributed by atoms with Crippen LogP contribution in [0.15, 0.2) is 53.3 Å². The molecular formula is C54H68N8O20S. The van der Waals surface area contributed by atoms with E-state index in [0.29, 0.717) is 22.5 Å². The molecule has 0 saturated carbocycles. The van der Waals surface area contributed by atoms with Gasteiger partial charge in [0.1, 0.15) is 49.4 Å². The van der Waals surface area contributed by atoms with Crippen LogP contribution in [-0.2, 0) is 84.9 Å². The van der Waals surface area contributed by atoms with Gasteiger partial charge < -0.3 is 80.9 Å². The van der Waals surface area contributed by atoms with Crippen LogP contribution in [0.1, 0.15) is 88.6 Å². The number of carbonyl (C=O) groups is 7. The number of carboxylic acids is 1. The number of amides is 5. The van der Waals surface area contributed by atoms with Crippen molar-refractivity contribution < 1.29 is 91.0 Å². The summed E-state index contributed by atoms with van der Waals surface area (Å²) in [6.07, 6.45) is -11.3. The second kappa shape index (κ2) is 25.9. The first-order chi connectivity index (χ1) is 39.0. The summed E-state index contributed by atoms with van der Waals surface area (Å²) in [5, 5.41) is 63.6. The Morgan fingerprint density at radius 3 is 2.31 bits per heavy atom. The van der Waals surface area contributed by atoms with Crippen molar-refractivity contribution in [2.45, 2.75) is 147 Å². The highest BCUT2D eigenvalue weighted by Crippen LogP contribution is 2.41. The fourth-order valence-corrected chi connectivity index (χ4v) is 10.2. The zero-order chi connectivity index (χ0) is 61.0. The molecule has 1 fully saturated rings. The van der Waals surface area contributed by atoms with Gasteiger partial charge in [0.25, 0.3) is 15.7 Å². The summed E-state index contributed by atoms with van der Waals surface area (Å²) in [5.41, 5.74) is 6.73. The van der Waals surface area contributed by atoms with E-state index < -0.39 is 143 Å². The van der Waals surface area contributed by atoms with Crippen LogP contribution in [0.5, 0.6) is 5.75 Å². The number of fused-ring (bicyclic) bond motifs is 5. The van der Waals surface area contributed by atoms with Gasteiger partial charge in [-0.1, -0.05) is 45.0 Å². The summed E-state index contributed by atoms with van der Waals surface area (Å²) < 4.78 is 54.6. The molecule has 2 aromatic carbocycles. The number of hydrogen-bond donors (Lipinski definition) is 11. The minimum Gasteiger partial charge on any atom is -0.479 e. The number of esters is 1. The molecule has 1 saturated heterocycles. The van der Waals surface area contributed by atoms with Crippen LogP contribution < -0.4 is 37.3 Å². The maximum Gasteiger partial charge on any atom is 0.410 e. The SMILES string of the molecule is CC[C@@]1(O)C(=O)OCc2c1cc1n(c2=O)Cc2c-1nc1ccccc1c2CCN(C(=O)OCc1ccc(NC(=O)[C@H](C)NC(=O)[C@@H](NC(=O)CC[C@@H](N)C(=O)NCCS(=O)(=O)O)C(C)C)c(O[C@@H]2O[C@H](C(=O)O)[C@@H](O)[C@H](O)[C@H]2O)c1)C(C)C. The molecule has 3 aliphatic heterocycles. The maximum absolute atomic E-state index is 14.1. The van der Waals surface area contributed by atoms with E-state index in [1.807, 2.05) is 24.3 Å². The molecule has 12 N–H and O–H groups in total. The molecule has 4 aromatic rings. The molecule has 29 heteroatoms. The van der Waals surface area contributed by atoms with Crippen molar-refractivity contribution in [2.24, 2.45) is 11.7 Å². The average molecular weight is 1180 g/mol. The van der Waals surface area contributed by atoms with E-state index in [9.17, 15) is 72.3 Å². The molecule has 0 radical (unpaired) electrons. The molecule has 0 spiro atoms. The van der Waals surface area contributed by atoms with Gasteiger partial charge in [0, 0.05) is 42.1 Å². The Morgan fingerprint density at radius 1 is 0.940 bits per heavy atom. The Balaban J connectivity index is 1.06. The van der Waals surface area contributed by atoms with Crippen molar-refractivity contribution in [1.82, 2.24) is 30.4 Å². The van der Waals surface area contributed by atoms with Crippen LogP contribution >= 0.6 is 0 Å². The lowest BCUT2D eigenvalue weighted by atomic mass is 9.86. The minimum atomic E-state index is -4.34. The van der Waals surface area contributed by atoms with E-state index in [4.69, 9.17) is 34.2 Å². The minimum absolute atomic E-state index is 0.0347. The van der Waals surface area contributed by atoms with Crippen molar-refractivity contribution in [2.75, 3.05) is 24.2 Å². The Labute approximate surface area is 475 Å². The fraction of sp³-hybridized carbons (Fsp3) is 0.500. The number of carboxylic acid groups (broad SMARTS) is 1. The number of aliphatic hydroxyl groups excluding tert-OH is 3. The highest BCUT2D eigenvalue weighted by Gasteiger charge is 2.49. The molecule has 5 amide bonds. The Hall–Kier alpha value is -7.64. The Bertz CT molecular complexity index is 3360. The number of aromatic nitrogens is 2. The van der Waals surface area contributed by atoms with Crippen LogP contribution in [0.2, 0.25) is 0 Å². The first-order valence-corrected chi connectivity index (χ1v) is 28.3. The number of pyridine rings is 2. The molecule has 7 rings (SSSR count). The number of benzene rings is 2. The van der Waals surface area contributed by atoms with Crippen molar-refractivity contribution in [3.8, 4) is 17.1 Å².